The summed E-state index contributed by atoms with van der Waals surface area (Å²) >= 11 is 19.0. The van der Waals surface area contributed by atoms with Crippen LogP contribution in [-0.4, -0.2) is 18.9 Å². The molecule has 0 aromatic heterocycles. The highest BCUT2D eigenvalue weighted by molar-refractivity contribution is 6.36. The maximum atomic E-state index is 13.4. The second kappa shape index (κ2) is 9.76. The molecule has 0 bridgehead atoms. The van der Waals surface area contributed by atoms with Crippen molar-refractivity contribution in [1.82, 2.24) is 0 Å². The summed E-state index contributed by atoms with van der Waals surface area (Å²) in [6.07, 6.45) is 0.762. The summed E-state index contributed by atoms with van der Waals surface area (Å²) in [5.74, 6) is -1.04. The van der Waals surface area contributed by atoms with Gasteiger partial charge >= 0.3 is 5.97 Å². The molecule has 35 heavy (non-hydrogen) atoms. The molecular weight excluding hydrogens is 513 g/mol. The summed E-state index contributed by atoms with van der Waals surface area (Å²) in [5, 5.41) is 1.30. The van der Waals surface area contributed by atoms with Gasteiger partial charge in [-0.3, -0.25) is 4.79 Å². The number of carbonyl (C=O) groups excluding carboxylic acids is 2. The molecule has 2 aliphatic rings. The SMILES string of the molecule is COC(=O)C1=C(N)OC2=C(C(=O)CC(C)(C)C2)C1c1cc(Cl)ccc1OCc1c(Cl)cccc1Cl. The number of allylic oxidation sites excluding steroid dienone is 2. The van der Waals surface area contributed by atoms with E-state index in [9.17, 15) is 9.59 Å². The molecule has 2 aromatic rings. The lowest BCUT2D eigenvalue weighted by Crippen LogP contribution is -2.35. The van der Waals surface area contributed by atoms with E-state index in [0.29, 0.717) is 49.7 Å². The number of hydrogen-bond donors (Lipinski definition) is 1. The predicted molar refractivity (Wildman–Crippen MR) is 134 cm³/mol. The number of benzene rings is 2. The number of ketones is 1. The van der Waals surface area contributed by atoms with Crippen molar-refractivity contribution >= 4 is 46.6 Å². The maximum Gasteiger partial charge on any atom is 0.340 e. The van der Waals surface area contributed by atoms with Gasteiger partial charge in [-0.05, 0) is 35.7 Å². The highest BCUT2D eigenvalue weighted by atomic mass is 35.5. The van der Waals surface area contributed by atoms with Crippen LogP contribution in [0.5, 0.6) is 5.75 Å². The Kier molecular flexibility index (Phi) is 7.09. The summed E-state index contributed by atoms with van der Waals surface area (Å²) in [7, 11) is 1.24. The van der Waals surface area contributed by atoms with E-state index in [2.05, 4.69) is 0 Å². The van der Waals surface area contributed by atoms with Crippen molar-refractivity contribution in [3.63, 3.8) is 0 Å². The smallest absolute Gasteiger partial charge is 0.340 e. The van der Waals surface area contributed by atoms with Crippen molar-refractivity contribution in [3.8, 4) is 5.75 Å². The lowest BCUT2D eigenvalue weighted by atomic mass is 9.70. The van der Waals surface area contributed by atoms with Gasteiger partial charge < -0.3 is 19.9 Å². The Balaban J connectivity index is 1.85. The molecule has 0 radical (unpaired) electrons. The Bertz CT molecular complexity index is 1260. The second-order valence-corrected chi connectivity index (χ2v) is 10.5. The first-order chi connectivity index (χ1) is 16.5. The first kappa shape index (κ1) is 25.4. The fraction of sp³-hybridized carbons (Fsp3) is 0.308. The highest BCUT2D eigenvalue weighted by Crippen LogP contribution is 2.50. The van der Waals surface area contributed by atoms with E-state index in [4.69, 9.17) is 54.7 Å². The molecule has 184 valence electrons. The summed E-state index contributed by atoms with van der Waals surface area (Å²) < 4.78 is 16.9. The zero-order chi connectivity index (χ0) is 25.5. The molecule has 1 atom stereocenters. The topological polar surface area (TPSA) is 87.9 Å². The molecule has 9 heteroatoms. The zero-order valence-corrected chi connectivity index (χ0v) is 21.7. The van der Waals surface area contributed by atoms with Gasteiger partial charge in [-0.2, -0.15) is 0 Å². The summed E-state index contributed by atoms with van der Waals surface area (Å²) in [6, 6.07) is 10.1. The van der Waals surface area contributed by atoms with E-state index in [-0.39, 0.29) is 35.7 Å². The molecule has 2 N–H and O–H groups in total. The molecule has 1 aliphatic carbocycles. The molecule has 2 aromatic carbocycles. The average Bonchev–Trinajstić information content (AvgIpc) is 2.77. The minimum atomic E-state index is -0.884. The molecule has 0 spiro atoms. The molecule has 1 unspecified atom stereocenters. The Morgan fingerprint density at radius 1 is 1.14 bits per heavy atom. The van der Waals surface area contributed by atoms with Crippen LogP contribution in [-0.2, 0) is 25.7 Å². The van der Waals surface area contributed by atoms with Crippen molar-refractivity contribution in [2.75, 3.05) is 7.11 Å². The van der Waals surface area contributed by atoms with Crippen LogP contribution in [0.2, 0.25) is 15.1 Å². The standard InChI is InChI=1S/C26H24Cl3NO5/c1-26(2)10-18(31)22-20(11-26)35-24(30)23(25(32)33-3)21(22)14-9-13(27)7-8-19(14)34-12-15-16(28)5-4-6-17(15)29/h4-9,21H,10-12,30H2,1-3H3. The summed E-state index contributed by atoms with van der Waals surface area (Å²) in [5.41, 5.74) is 7.34. The van der Waals surface area contributed by atoms with Gasteiger partial charge in [0, 0.05) is 44.6 Å². The van der Waals surface area contributed by atoms with Gasteiger partial charge in [0.2, 0.25) is 5.88 Å². The number of ether oxygens (including phenoxy) is 3. The quantitative estimate of drug-likeness (QED) is 0.450. The number of nitrogens with two attached hydrogens (primary N) is 1. The predicted octanol–water partition coefficient (Wildman–Crippen LogP) is 6.33. The average molecular weight is 537 g/mol. The fourth-order valence-corrected chi connectivity index (χ4v) is 5.19. The van der Waals surface area contributed by atoms with Crippen LogP contribution in [0.4, 0.5) is 0 Å². The fourth-order valence-electron chi connectivity index (χ4n) is 4.50. The van der Waals surface area contributed by atoms with E-state index >= 15 is 0 Å². The molecule has 0 amide bonds. The van der Waals surface area contributed by atoms with Crippen LogP contribution in [0.25, 0.3) is 0 Å². The van der Waals surface area contributed by atoms with Crippen molar-refractivity contribution in [1.29, 1.82) is 0 Å². The van der Waals surface area contributed by atoms with Crippen LogP contribution < -0.4 is 10.5 Å². The van der Waals surface area contributed by atoms with Gasteiger partial charge in [0.05, 0.1) is 13.0 Å². The van der Waals surface area contributed by atoms with E-state index in [0.717, 1.165) is 0 Å². The first-order valence-electron chi connectivity index (χ1n) is 10.9. The first-order valence-corrected chi connectivity index (χ1v) is 12.0. The third kappa shape index (κ3) is 5.01. The number of rotatable bonds is 5. The molecule has 0 fully saturated rings. The van der Waals surface area contributed by atoms with Crippen molar-refractivity contribution in [2.24, 2.45) is 11.1 Å². The van der Waals surface area contributed by atoms with Crippen LogP contribution in [0.1, 0.15) is 43.7 Å². The second-order valence-electron chi connectivity index (χ2n) is 9.25. The lowest BCUT2D eigenvalue weighted by molar-refractivity contribution is -0.136. The van der Waals surface area contributed by atoms with Gasteiger partial charge in [0.1, 0.15) is 23.7 Å². The van der Waals surface area contributed by atoms with Crippen LogP contribution in [0.3, 0.4) is 0 Å². The third-order valence-electron chi connectivity index (χ3n) is 6.08. The molecule has 0 saturated heterocycles. The molecule has 1 aliphatic heterocycles. The van der Waals surface area contributed by atoms with Crippen molar-refractivity contribution in [3.05, 3.63) is 85.4 Å². The highest BCUT2D eigenvalue weighted by Gasteiger charge is 2.45. The molecule has 4 rings (SSSR count). The minimum absolute atomic E-state index is 0.0159. The Labute approximate surface area is 218 Å². The Hall–Kier alpha value is -2.67. The number of Topliss-reactive ketones (excluding diaryl/α,β-unsaturated/α-hetero) is 1. The van der Waals surface area contributed by atoms with Crippen LogP contribution in [0, 0.1) is 5.41 Å². The zero-order valence-electron chi connectivity index (χ0n) is 19.4. The van der Waals surface area contributed by atoms with Crippen molar-refractivity contribution in [2.45, 2.75) is 39.2 Å². The third-order valence-corrected chi connectivity index (χ3v) is 7.02. The maximum absolute atomic E-state index is 13.4. The van der Waals surface area contributed by atoms with E-state index < -0.39 is 11.9 Å². The van der Waals surface area contributed by atoms with E-state index in [1.807, 2.05) is 13.8 Å². The summed E-state index contributed by atoms with van der Waals surface area (Å²) in [6.45, 7) is 4.00. The van der Waals surface area contributed by atoms with Crippen LogP contribution >= 0.6 is 34.8 Å². The number of methoxy groups -OCH3 is 1. The molecule has 0 saturated carbocycles. The number of carbonyl (C=O) groups is 2. The summed E-state index contributed by atoms with van der Waals surface area (Å²) in [4.78, 5) is 26.2. The molecule has 1 heterocycles. The largest absolute Gasteiger partial charge is 0.488 e. The molecule has 6 nitrogen and oxygen atoms in total. The van der Waals surface area contributed by atoms with Crippen LogP contribution in [0.15, 0.2) is 59.2 Å². The Morgan fingerprint density at radius 3 is 2.49 bits per heavy atom. The molecular formula is C26H24Cl3NO5. The van der Waals surface area contributed by atoms with Gasteiger partial charge in [-0.1, -0.05) is 54.7 Å². The normalized spacial score (nSPS) is 19.3. The number of halogens is 3. The lowest BCUT2D eigenvalue weighted by Gasteiger charge is -2.38. The van der Waals surface area contributed by atoms with Gasteiger partial charge in [0.15, 0.2) is 5.78 Å². The minimum Gasteiger partial charge on any atom is -0.488 e. The Morgan fingerprint density at radius 2 is 1.83 bits per heavy atom. The van der Waals surface area contributed by atoms with Gasteiger partial charge in [0.25, 0.3) is 0 Å². The van der Waals surface area contributed by atoms with Gasteiger partial charge in [-0.15, -0.1) is 0 Å². The number of hydrogen-bond acceptors (Lipinski definition) is 6. The van der Waals surface area contributed by atoms with E-state index in [1.165, 1.54) is 7.11 Å². The van der Waals surface area contributed by atoms with Gasteiger partial charge in [-0.25, -0.2) is 4.79 Å². The van der Waals surface area contributed by atoms with Crippen molar-refractivity contribution < 1.29 is 23.8 Å². The number of esters is 1. The van der Waals surface area contributed by atoms with E-state index in [1.54, 1.807) is 36.4 Å². The monoisotopic (exact) mass is 535 g/mol.